The lowest BCUT2D eigenvalue weighted by Crippen LogP contribution is -2.43. The molecule has 1 unspecified atom stereocenters. The Morgan fingerprint density at radius 1 is 1.26 bits per heavy atom. The summed E-state index contributed by atoms with van der Waals surface area (Å²) in [5.74, 6) is -2.17. The summed E-state index contributed by atoms with van der Waals surface area (Å²) in [7, 11) is -3.74. The molecule has 1 saturated heterocycles. The first kappa shape index (κ1) is 14.4. The molecule has 0 spiro atoms. The zero-order valence-corrected chi connectivity index (χ0v) is 11.6. The molecule has 1 aliphatic rings. The maximum Gasteiger partial charge on any atom is 0.243 e. The molecule has 1 aliphatic heterocycles. The zero-order valence-electron chi connectivity index (χ0n) is 10.8. The van der Waals surface area contributed by atoms with E-state index in [0.29, 0.717) is 6.54 Å². The van der Waals surface area contributed by atoms with E-state index in [0.717, 1.165) is 43.9 Å². The Morgan fingerprint density at radius 3 is 2.63 bits per heavy atom. The first-order chi connectivity index (χ1) is 8.96. The molecule has 19 heavy (non-hydrogen) atoms. The highest BCUT2D eigenvalue weighted by Crippen LogP contribution is 2.27. The highest BCUT2D eigenvalue weighted by atomic mass is 32.2. The van der Waals surface area contributed by atoms with Crippen molar-refractivity contribution >= 4 is 10.0 Å². The highest BCUT2D eigenvalue weighted by Gasteiger charge is 2.32. The number of halogens is 2. The summed E-state index contributed by atoms with van der Waals surface area (Å²) >= 11 is 0. The summed E-state index contributed by atoms with van der Waals surface area (Å²) in [5.41, 5.74) is 0. The van der Waals surface area contributed by atoms with E-state index in [-0.39, 0.29) is 10.9 Å². The molecule has 0 aliphatic carbocycles. The van der Waals surface area contributed by atoms with Crippen molar-refractivity contribution in [3.8, 4) is 0 Å². The minimum Gasteiger partial charge on any atom is -0.207 e. The van der Waals surface area contributed by atoms with E-state index in [1.807, 2.05) is 6.92 Å². The van der Waals surface area contributed by atoms with Crippen LogP contribution in [-0.4, -0.2) is 25.3 Å². The van der Waals surface area contributed by atoms with Gasteiger partial charge in [0.05, 0.1) is 4.90 Å². The number of benzene rings is 1. The van der Waals surface area contributed by atoms with Crippen molar-refractivity contribution in [2.24, 2.45) is 0 Å². The predicted octanol–water partition coefficient (Wildman–Crippen LogP) is 2.92. The fourth-order valence-corrected chi connectivity index (χ4v) is 4.25. The van der Waals surface area contributed by atoms with Crippen LogP contribution in [0.2, 0.25) is 0 Å². The predicted molar refractivity (Wildman–Crippen MR) is 68.2 cm³/mol. The average Bonchev–Trinajstić information content (AvgIpc) is 2.41. The Bertz CT molecular complexity index is 560. The molecular weight excluding hydrogens is 272 g/mol. The first-order valence-electron chi connectivity index (χ1n) is 6.43. The normalized spacial score (nSPS) is 21.5. The van der Waals surface area contributed by atoms with Gasteiger partial charge >= 0.3 is 0 Å². The lowest BCUT2D eigenvalue weighted by atomic mass is 10.0. The minimum atomic E-state index is -3.74. The van der Waals surface area contributed by atoms with Gasteiger partial charge in [-0.15, -0.1) is 0 Å². The molecular formula is C13H17F2NO2S. The molecule has 106 valence electrons. The number of sulfonamides is 1. The Balaban J connectivity index is 2.37. The Kier molecular flexibility index (Phi) is 4.20. The molecule has 0 saturated carbocycles. The summed E-state index contributed by atoms with van der Waals surface area (Å²) in [6, 6.07) is 2.68. The fraction of sp³-hybridized carbons (Fsp3) is 0.538. The highest BCUT2D eigenvalue weighted by molar-refractivity contribution is 7.89. The molecule has 3 nitrogen and oxygen atoms in total. The Labute approximate surface area is 112 Å². The summed E-state index contributed by atoms with van der Waals surface area (Å²) < 4.78 is 52.4. The molecule has 0 radical (unpaired) electrons. The van der Waals surface area contributed by atoms with Gasteiger partial charge in [0.15, 0.2) is 11.6 Å². The number of rotatable bonds is 3. The van der Waals surface area contributed by atoms with Crippen LogP contribution in [0.3, 0.4) is 0 Å². The van der Waals surface area contributed by atoms with E-state index in [2.05, 4.69) is 0 Å². The van der Waals surface area contributed by atoms with Crippen molar-refractivity contribution < 1.29 is 17.2 Å². The fourth-order valence-electron chi connectivity index (χ4n) is 2.47. The molecule has 0 bridgehead atoms. The van der Waals surface area contributed by atoms with Gasteiger partial charge in [-0.25, -0.2) is 17.2 Å². The molecule has 1 fully saturated rings. The average molecular weight is 289 g/mol. The van der Waals surface area contributed by atoms with Crippen LogP contribution in [0.15, 0.2) is 23.1 Å². The van der Waals surface area contributed by atoms with Gasteiger partial charge in [-0.05, 0) is 37.5 Å². The molecule has 1 aromatic carbocycles. The molecule has 1 heterocycles. The van der Waals surface area contributed by atoms with E-state index in [4.69, 9.17) is 0 Å². The molecule has 2 rings (SSSR count). The number of hydrogen-bond donors (Lipinski definition) is 0. The smallest absolute Gasteiger partial charge is 0.207 e. The van der Waals surface area contributed by atoms with Crippen LogP contribution in [0, 0.1) is 11.6 Å². The monoisotopic (exact) mass is 289 g/mol. The third-order valence-electron chi connectivity index (χ3n) is 3.54. The third-order valence-corrected chi connectivity index (χ3v) is 5.49. The van der Waals surface area contributed by atoms with Crippen LogP contribution in [0.1, 0.15) is 32.6 Å². The lowest BCUT2D eigenvalue weighted by molar-refractivity contribution is 0.246. The minimum absolute atomic E-state index is 0.0492. The van der Waals surface area contributed by atoms with Crippen molar-refractivity contribution in [2.75, 3.05) is 6.54 Å². The van der Waals surface area contributed by atoms with E-state index in [1.165, 1.54) is 4.31 Å². The van der Waals surface area contributed by atoms with Gasteiger partial charge in [0.1, 0.15) is 0 Å². The molecule has 1 aromatic rings. The number of hydrogen-bond acceptors (Lipinski definition) is 2. The summed E-state index contributed by atoms with van der Waals surface area (Å²) in [6.45, 7) is 2.38. The van der Waals surface area contributed by atoms with Crippen molar-refractivity contribution in [2.45, 2.75) is 43.5 Å². The van der Waals surface area contributed by atoms with Crippen molar-refractivity contribution in [3.63, 3.8) is 0 Å². The van der Waals surface area contributed by atoms with Crippen LogP contribution in [-0.2, 0) is 10.0 Å². The van der Waals surface area contributed by atoms with Crippen LogP contribution in [0.5, 0.6) is 0 Å². The second-order valence-corrected chi connectivity index (χ2v) is 6.64. The lowest BCUT2D eigenvalue weighted by Gasteiger charge is -2.34. The zero-order chi connectivity index (χ0) is 14.0. The SMILES string of the molecule is CCC1CCCCN1S(=O)(=O)c1ccc(F)c(F)c1. The number of nitrogens with zero attached hydrogens (tertiary/aromatic N) is 1. The summed E-state index contributed by atoms with van der Waals surface area (Å²) in [4.78, 5) is -0.174. The van der Waals surface area contributed by atoms with E-state index in [9.17, 15) is 17.2 Å². The Hall–Kier alpha value is -1.01. The van der Waals surface area contributed by atoms with Gasteiger partial charge in [-0.3, -0.25) is 0 Å². The van der Waals surface area contributed by atoms with E-state index >= 15 is 0 Å². The van der Waals surface area contributed by atoms with Gasteiger partial charge in [-0.1, -0.05) is 13.3 Å². The van der Waals surface area contributed by atoms with Gasteiger partial charge in [0.2, 0.25) is 10.0 Å². The Morgan fingerprint density at radius 2 is 2.00 bits per heavy atom. The maximum atomic E-state index is 13.2. The summed E-state index contributed by atoms with van der Waals surface area (Å²) in [5, 5.41) is 0. The van der Waals surface area contributed by atoms with Crippen molar-refractivity contribution in [1.82, 2.24) is 4.31 Å². The topological polar surface area (TPSA) is 37.4 Å². The molecule has 0 N–H and O–H groups in total. The van der Waals surface area contributed by atoms with E-state index < -0.39 is 21.7 Å². The van der Waals surface area contributed by atoms with Crippen molar-refractivity contribution in [1.29, 1.82) is 0 Å². The largest absolute Gasteiger partial charge is 0.243 e. The molecule has 0 amide bonds. The van der Waals surface area contributed by atoms with Crippen LogP contribution in [0.25, 0.3) is 0 Å². The first-order valence-corrected chi connectivity index (χ1v) is 7.87. The van der Waals surface area contributed by atoms with Gasteiger partial charge in [0, 0.05) is 12.6 Å². The molecule has 0 aromatic heterocycles. The van der Waals surface area contributed by atoms with Crippen LogP contribution in [0.4, 0.5) is 8.78 Å². The third kappa shape index (κ3) is 2.79. The van der Waals surface area contributed by atoms with E-state index in [1.54, 1.807) is 0 Å². The van der Waals surface area contributed by atoms with Gasteiger partial charge < -0.3 is 0 Å². The standard InChI is InChI=1S/C13H17F2NO2S/c1-2-10-5-3-4-8-16(10)19(17,18)11-6-7-12(14)13(15)9-11/h6-7,9-10H,2-5,8H2,1H3. The second kappa shape index (κ2) is 5.54. The van der Waals surface area contributed by atoms with Gasteiger partial charge in [-0.2, -0.15) is 4.31 Å². The van der Waals surface area contributed by atoms with Gasteiger partial charge in [0.25, 0.3) is 0 Å². The quantitative estimate of drug-likeness (QED) is 0.858. The van der Waals surface area contributed by atoms with Crippen LogP contribution >= 0.6 is 0 Å². The molecule has 6 heteroatoms. The van der Waals surface area contributed by atoms with Crippen molar-refractivity contribution in [3.05, 3.63) is 29.8 Å². The summed E-state index contributed by atoms with van der Waals surface area (Å²) in [6.07, 6.45) is 3.35. The van der Waals surface area contributed by atoms with Crippen LogP contribution < -0.4 is 0 Å². The molecule has 1 atom stereocenters. The number of piperidine rings is 1. The maximum absolute atomic E-state index is 13.2. The second-order valence-electron chi connectivity index (χ2n) is 4.75.